The Morgan fingerprint density at radius 1 is 1.03 bits per heavy atom. The highest BCUT2D eigenvalue weighted by atomic mass is 35.5. The molecule has 0 saturated carbocycles. The highest BCUT2D eigenvalue weighted by Gasteiger charge is 2.35. The summed E-state index contributed by atoms with van der Waals surface area (Å²) in [4.78, 5) is 38.7. The number of halogens is 1. The molecule has 9 heteroatoms. The van der Waals surface area contributed by atoms with Gasteiger partial charge in [0.25, 0.3) is 5.91 Å². The van der Waals surface area contributed by atoms with Crippen molar-refractivity contribution in [2.24, 2.45) is 0 Å². The average Bonchev–Trinajstić information content (AvgIpc) is 3.11. The van der Waals surface area contributed by atoms with Gasteiger partial charge in [-0.3, -0.25) is 9.59 Å². The standard InChI is InChI=1S/C29H28ClN3O5/c1-4-37-25-15-21(13-23(30)27(25)38-17-20-9-5-7-18(2)11-20)14-24-28(35)33(29(36)32-24)16-26(34)31-22-10-6-8-19(3)12-22/h5-15H,4,16-17H2,1-3H3,(H,31,34)(H,32,36)/b24-14+. The number of nitrogens with zero attached hydrogens (tertiary/aromatic N) is 1. The molecule has 0 bridgehead atoms. The maximum atomic E-state index is 12.9. The van der Waals surface area contributed by atoms with E-state index in [0.29, 0.717) is 41.0 Å². The van der Waals surface area contributed by atoms with Gasteiger partial charge < -0.3 is 20.1 Å². The summed E-state index contributed by atoms with van der Waals surface area (Å²) >= 11 is 6.53. The zero-order chi connectivity index (χ0) is 27.2. The predicted octanol–water partition coefficient (Wildman–Crippen LogP) is 5.47. The summed E-state index contributed by atoms with van der Waals surface area (Å²) in [5.74, 6) is -0.320. The van der Waals surface area contributed by atoms with Crippen molar-refractivity contribution in [1.82, 2.24) is 10.2 Å². The lowest BCUT2D eigenvalue weighted by molar-refractivity contribution is -0.127. The fourth-order valence-corrected chi connectivity index (χ4v) is 4.25. The van der Waals surface area contributed by atoms with E-state index >= 15 is 0 Å². The fraction of sp³-hybridized carbons (Fsp3) is 0.207. The summed E-state index contributed by atoms with van der Waals surface area (Å²) in [6, 6.07) is 17.8. The highest BCUT2D eigenvalue weighted by Crippen LogP contribution is 2.38. The van der Waals surface area contributed by atoms with E-state index < -0.39 is 24.4 Å². The molecule has 1 heterocycles. The van der Waals surface area contributed by atoms with Crippen LogP contribution >= 0.6 is 11.6 Å². The molecular formula is C29H28ClN3O5. The van der Waals surface area contributed by atoms with E-state index in [4.69, 9.17) is 21.1 Å². The van der Waals surface area contributed by atoms with E-state index in [1.807, 2.05) is 51.1 Å². The van der Waals surface area contributed by atoms with E-state index in [9.17, 15) is 14.4 Å². The third-order valence-corrected chi connectivity index (χ3v) is 5.95. The van der Waals surface area contributed by atoms with Gasteiger partial charge >= 0.3 is 6.03 Å². The van der Waals surface area contributed by atoms with Crippen LogP contribution in [0.2, 0.25) is 5.02 Å². The van der Waals surface area contributed by atoms with Gasteiger partial charge in [0.1, 0.15) is 18.8 Å². The van der Waals surface area contributed by atoms with Gasteiger partial charge in [-0.25, -0.2) is 9.69 Å². The number of ether oxygens (including phenoxy) is 2. The van der Waals surface area contributed by atoms with Crippen LogP contribution in [0.25, 0.3) is 6.08 Å². The fourth-order valence-electron chi connectivity index (χ4n) is 3.98. The van der Waals surface area contributed by atoms with Crippen molar-refractivity contribution in [2.75, 3.05) is 18.5 Å². The van der Waals surface area contributed by atoms with Gasteiger partial charge in [0.05, 0.1) is 11.6 Å². The number of carbonyl (C=O) groups excluding carboxylic acids is 3. The minimum absolute atomic E-state index is 0.0188. The van der Waals surface area contributed by atoms with Crippen LogP contribution in [-0.4, -0.2) is 35.9 Å². The predicted molar refractivity (Wildman–Crippen MR) is 146 cm³/mol. The lowest BCUT2D eigenvalue weighted by Crippen LogP contribution is -2.38. The first-order valence-corrected chi connectivity index (χ1v) is 12.5. The van der Waals surface area contributed by atoms with Crippen LogP contribution in [0.15, 0.2) is 66.4 Å². The molecular weight excluding hydrogens is 506 g/mol. The number of carbonyl (C=O) groups is 3. The van der Waals surface area contributed by atoms with E-state index in [1.165, 1.54) is 6.08 Å². The quantitative estimate of drug-likeness (QED) is 0.281. The summed E-state index contributed by atoms with van der Waals surface area (Å²) in [5.41, 5.74) is 4.20. The summed E-state index contributed by atoms with van der Waals surface area (Å²) in [7, 11) is 0. The van der Waals surface area contributed by atoms with Gasteiger partial charge in [-0.05, 0) is 67.8 Å². The first-order chi connectivity index (χ1) is 18.2. The van der Waals surface area contributed by atoms with Crippen molar-refractivity contribution in [1.29, 1.82) is 0 Å². The molecule has 4 rings (SSSR count). The summed E-state index contributed by atoms with van der Waals surface area (Å²) in [5, 5.41) is 5.51. The van der Waals surface area contributed by atoms with Crippen LogP contribution in [0.3, 0.4) is 0 Å². The monoisotopic (exact) mass is 533 g/mol. The van der Waals surface area contributed by atoms with Crippen molar-refractivity contribution >= 4 is 41.2 Å². The second-order valence-corrected chi connectivity index (χ2v) is 9.25. The molecule has 8 nitrogen and oxygen atoms in total. The molecule has 0 aliphatic carbocycles. The molecule has 4 amide bonds. The van der Waals surface area contributed by atoms with E-state index in [0.717, 1.165) is 21.6 Å². The van der Waals surface area contributed by atoms with Crippen LogP contribution in [0, 0.1) is 13.8 Å². The van der Waals surface area contributed by atoms with Gasteiger partial charge in [0.15, 0.2) is 11.5 Å². The molecule has 196 valence electrons. The number of anilines is 1. The number of rotatable bonds is 9. The zero-order valence-corrected chi connectivity index (χ0v) is 22.1. The lowest BCUT2D eigenvalue weighted by atomic mass is 10.1. The van der Waals surface area contributed by atoms with Crippen molar-refractivity contribution in [3.8, 4) is 11.5 Å². The van der Waals surface area contributed by atoms with Gasteiger partial charge in [-0.1, -0.05) is 53.6 Å². The van der Waals surface area contributed by atoms with E-state index in [1.54, 1.807) is 30.3 Å². The zero-order valence-electron chi connectivity index (χ0n) is 21.3. The molecule has 1 fully saturated rings. The molecule has 1 aliphatic rings. The third-order valence-electron chi connectivity index (χ3n) is 5.67. The first kappa shape index (κ1) is 26.8. The Labute approximate surface area is 226 Å². The third kappa shape index (κ3) is 6.52. The van der Waals surface area contributed by atoms with Gasteiger partial charge in [-0.15, -0.1) is 0 Å². The molecule has 0 spiro atoms. The molecule has 0 aromatic heterocycles. The van der Waals surface area contributed by atoms with Gasteiger partial charge in [0, 0.05) is 5.69 Å². The Hall–Kier alpha value is -4.30. The second-order valence-electron chi connectivity index (χ2n) is 8.84. The number of benzene rings is 3. The van der Waals surface area contributed by atoms with Gasteiger partial charge in [-0.2, -0.15) is 0 Å². The molecule has 3 aromatic rings. The van der Waals surface area contributed by atoms with Crippen LogP contribution < -0.4 is 20.1 Å². The van der Waals surface area contributed by atoms with Crippen molar-refractivity contribution < 1.29 is 23.9 Å². The largest absolute Gasteiger partial charge is 0.490 e. The molecule has 38 heavy (non-hydrogen) atoms. The van der Waals surface area contributed by atoms with Crippen molar-refractivity contribution in [3.05, 3.63) is 93.6 Å². The lowest BCUT2D eigenvalue weighted by Gasteiger charge is -2.15. The Morgan fingerprint density at radius 3 is 2.47 bits per heavy atom. The van der Waals surface area contributed by atoms with E-state index in [2.05, 4.69) is 10.6 Å². The molecule has 1 aliphatic heterocycles. The Balaban J connectivity index is 1.49. The summed E-state index contributed by atoms with van der Waals surface area (Å²) in [6.07, 6.45) is 1.48. The number of nitrogens with one attached hydrogen (secondary N) is 2. The summed E-state index contributed by atoms with van der Waals surface area (Å²) < 4.78 is 11.7. The maximum Gasteiger partial charge on any atom is 0.329 e. The average molecular weight is 534 g/mol. The van der Waals surface area contributed by atoms with Crippen molar-refractivity contribution in [3.63, 3.8) is 0 Å². The van der Waals surface area contributed by atoms with Gasteiger partial charge in [0.2, 0.25) is 5.91 Å². The number of amides is 4. The normalized spacial score (nSPS) is 14.0. The molecule has 2 N–H and O–H groups in total. The van der Waals surface area contributed by atoms with Crippen LogP contribution in [0.4, 0.5) is 10.5 Å². The van der Waals surface area contributed by atoms with Crippen LogP contribution in [0.1, 0.15) is 29.2 Å². The molecule has 0 radical (unpaired) electrons. The minimum Gasteiger partial charge on any atom is -0.490 e. The van der Waals surface area contributed by atoms with Crippen molar-refractivity contribution in [2.45, 2.75) is 27.4 Å². The smallest absolute Gasteiger partial charge is 0.329 e. The summed E-state index contributed by atoms with van der Waals surface area (Å²) in [6.45, 7) is 5.99. The number of imide groups is 1. The maximum absolute atomic E-state index is 12.9. The first-order valence-electron chi connectivity index (χ1n) is 12.1. The number of hydrogen-bond donors (Lipinski definition) is 2. The van der Waals surface area contributed by atoms with Crippen LogP contribution in [-0.2, 0) is 16.2 Å². The number of aryl methyl sites for hydroxylation is 2. The second kappa shape index (κ2) is 11.8. The Morgan fingerprint density at radius 2 is 1.76 bits per heavy atom. The number of urea groups is 1. The molecule has 0 unspecified atom stereocenters. The Kier molecular flexibility index (Phi) is 8.33. The van der Waals surface area contributed by atoms with Crippen LogP contribution in [0.5, 0.6) is 11.5 Å². The number of hydrogen-bond acceptors (Lipinski definition) is 5. The minimum atomic E-state index is -0.685. The topological polar surface area (TPSA) is 97.0 Å². The molecule has 1 saturated heterocycles. The molecule has 0 atom stereocenters. The molecule has 3 aromatic carbocycles. The highest BCUT2D eigenvalue weighted by molar-refractivity contribution is 6.32. The SMILES string of the molecule is CCOc1cc(/C=C2/NC(=O)N(CC(=O)Nc3cccc(C)c3)C2=O)cc(Cl)c1OCc1cccc(C)c1. The van der Waals surface area contributed by atoms with E-state index in [-0.39, 0.29) is 5.70 Å². The Bertz CT molecular complexity index is 1420.